The van der Waals surface area contributed by atoms with E-state index in [0.29, 0.717) is 26.2 Å². The van der Waals surface area contributed by atoms with Gasteiger partial charge in [-0.2, -0.15) is 0 Å². The highest BCUT2D eigenvalue weighted by atomic mass is 35.6. The molecule has 24 heavy (non-hydrogen) atoms. The number of halogens is 3. The van der Waals surface area contributed by atoms with Crippen molar-refractivity contribution in [2.75, 3.05) is 31.1 Å². The van der Waals surface area contributed by atoms with Gasteiger partial charge >= 0.3 is 0 Å². The first-order valence-electron chi connectivity index (χ1n) is 7.45. The Kier molecular flexibility index (Phi) is 5.13. The molecule has 1 fully saturated rings. The third kappa shape index (κ3) is 3.91. The summed E-state index contributed by atoms with van der Waals surface area (Å²) in [5.41, 5.74) is 1.85. The van der Waals surface area contributed by atoms with Crippen LogP contribution >= 0.6 is 34.8 Å². The molecular weight excluding hydrogens is 371 g/mol. The molecule has 0 bridgehead atoms. The zero-order valence-electron chi connectivity index (χ0n) is 12.7. The van der Waals surface area contributed by atoms with Crippen molar-refractivity contribution in [2.45, 2.75) is 3.79 Å². The molecule has 2 aromatic rings. The van der Waals surface area contributed by atoms with E-state index in [1.807, 2.05) is 42.5 Å². The maximum absolute atomic E-state index is 11.9. The summed E-state index contributed by atoms with van der Waals surface area (Å²) in [6.45, 7) is 2.20. The monoisotopic (exact) mass is 384 g/mol. The summed E-state index contributed by atoms with van der Waals surface area (Å²) in [5, 5.41) is 8.57. The highest BCUT2D eigenvalue weighted by Gasteiger charge is 2.36. The van der Waals surface area contributed by atoms with Crippen molar-refractivity contribution in [1.82, 2.24) is 15.1 Å². The maximum Gasteiger partial charge on any atom is 0.274 e. The Hall–Kier alpha value is -1.56. The van der Waals surface area contributed by atoms with Crippen LogP contribution in [-0.2, 0) is 4.79 Å². The summed E-state index contributed by atoms with van der Waals surface area (Å²) in [6, 6.07) is 13.7. The number of aromatic nitrogens is 2. The number of rotatable bonds is 2. The lowest BCUT2D eigenvalue weighted by atomic mass is 10.1. The van der Waals surface area contributed by atoms with Crippen LogP contribution in [0.4, 0.5) is 5.82 Å². The van der Waals surface area contributed by atoms with E-state index < -0.39 is 9.70 Å². The van der Waals surface area contributed by atoms with Crippen LogP contribution < -0.4 is 4.90 Å². The first-order valence-corrected chi connectivity index (χ1v) is 8.59. The van der Waals surface area contributed by atoms with Crippen molar-refractivity contribution >= 4 is 46.5 Å². The number of benzene rings is 1. The van der Waals surface area contributed by atoms with Gasteiger partial charge in [0.05, 0.1) is 5.69 Å². The summed E-state index contributed by atoms with van der Waals surface area (Å²) < 4.78 is -1.90. The van der Waals surface area contributed by atoms with E-state index in [0.717, 1.165) is 17.1 Å². The number of hydrogen-bond donors (Lipinski definition) is 0. The number of alkyl halides is 3. The first kappa shape index (κ1) is 17.3. The molecule has 1 aromatic heterocycles. The van der Waals surface area contributed by atoms with Crippen molar-refractivity contribution in [3.63, 3.8) is 0 Å². The predicted octanol–water partition coefficient (Wildman–Crippen LogP) is 3.16. The molecule has 1 aromatic carbocycles. The molecule has 2 heterocycles. The lowest BCUT2D eigenvalue weighted by molar-refractivity contribution is -0.130. The lowest BCUT2D eigenvalue weighted by Gasteiger charge is -2.36. The zero-order chi connectivity index (χ0) is 17.2. The highest BCUT2D eigenvalue weighted by molar-refractivity contribution is 6.76. The summed E-state index contributed by atoms with van der Waals surface area (Å²) in [6.07, 6.45) is 0. The number of carbonyl (C=O) groups is 1. The first-order chi connectivity index (χ1) is 11.4. The second-order valence-corrected chi connectivity index (χ2v) is 7.70. The molecule has 0 aliphatic carbocycles. The molecule has 1 saturated heterocycles. The van der Waals surface area contributed by atoms with Gasteiger partial charge in [-0.15, -0.1) is 10.2 Å². The Balaban J connectivity index is 1.64. The molecule has 1 amide bonds. The van der Waals surface area contributed by atoms with Gasteiger partial charge < -0.3 is 9.80 Å². The molecule has 0 radical (unpaired) electrons. The van der Waals surface area contributed by atoms with Crippen LogP contribution in [0.25, 0.3) is 11.3 Å². The Morgan fingerprint density at radius 1 is 0.917 bits per heavy atom. The number of carbonyl (C=O) groups excluding carboxylic acids is 1. The van der Waals surface area contributed by atoms with E-state index in [9.17, 15) is 4.79 Å². The van der Waals surface area contributed by atoms with Gasteiger partial charge in [0, 0.05) is 31.7 Å². The number of amides is 1. The van der Waals surface area contributed by atoms with Crippen molar-refractivity contribution in [1.29, 1.82) is 0 Å². The van der Waals surface area contributed by atoms with Crippen LogP contribution in [0.1, 0.15) is 0 Å². The third-order valence-corrected chi connectivity index (χ3v) is 4.34. The Morgan fingerprint density at radius 2 is 1.58 bits per heavy atom. The molecular formula is C16H15Cl3N4O. The Labute approximate surface area is 155 Å². The van der Waals surface area contributed by atoms with Crippen LogP contribution in [0.5, 0.6) is 0 Å². The minimum absolute atomic E-state index is 0.481. The van der Waals surface area contributed by atoms with Gasteiger partial charge in [-0.05, 0) is 12.1 Å². The van der Waals surface area contributed by atoms with Gasteiger partial charge in [0.2, 0.25) is 0 Å². The van der Waals surface area contributed by atoms with E-state index >= 15 is 0 Å². The van der Waals surface area contributed by atoms with Crippen molar-refractivity contribution in [2.24, 2.45) is 0 Å². The van der Waals surface area contributed by atoms with Crippen molar-refractivity contribution in [3.05, 3.63) is 42.5 Å². The minimum Gasteiger partial charge on any atom is -0.352 e. The molecule has 0 unspecified atom stereocenters. The van der Waals surface area contributed by atoms with Crippen LogP contribution in [0.2, 0.25) is 0 Å². The normalized spacial score (nSPS) is 15.5. The number of hydrogen-bond acceptors (Lipinski definition) is 4. The van der Waals surface area contributed by atoms with E-state index in [-0.39, 0.29) is 0 Å². The highest BCUT2D eigenvalue weighted by Crippen LogP contribution is 2.29. The fraction of sp³-hybridized carbons (Fsp3) is 0.312. The van der Waals surface area contributed by atoms with Crippen molar-refractivity contribution < 1.29 is 4.79 Å². The van der Waals surface area contributed by atoms with Crippen LogP contribution in [0, 0.1) is 0 Å². The molecule has 0 atom stereocenters. The molecule has 0 spiro atoms. The summed E-state index contributed by atoms with van der Waals surface area (Å²) in [7, 11) is 0. The summed E-state index contributed by atoms with van der Waals surface area (Å²) in [4.78, 5) is 15.6. The lowest BCUT2D eigenvalue weighted by Crippen LogP contribution is -2.52. The molecule has 0 saturated carbocycles. The Bertz CT molecular complexity index is 696. The number of nitrogens with zero attached hydrogens (tertiary/aromatic N) is 4. The largest absolute Gasteiger partial charge is 0.352 e. The number of anilines is 1. The van der Waals surface area contributed by atoms with Crippen molar-refractivity contribution in [3.8, 4) is 11.3 Å². The molecule has 126 valence electrons. The van der Waals surface area contributed by atoms with Gasteiger partial charge in [0.25, 0.3) is 9.70 Å². The van der Waals surface area contributed by atoms with E-state index in [2.05, 4.69) is 15.1 Å². The van der Waals surface area contributed by atoms with E-state index in [1.54, 1.807) is 4.90 Å². The quantitative estimate of drug-likeness (QED) is 0.745. The van der Waals surface area contributed by atoms with Gasteiger partial charge in [0.15, 0.2) is 5.82 Å². The van der Waals surface area contributed by atoms with E-state index in [1.165, 1.54) is 0 Å². The second kappa shape index (κ2) is 7.13. The fourth-order valence-corrected chi connectivity index (χ4v) is 2.93. The summed E-state index contributed by atoms with van der Waals surface area (Å²) >= 11 is 16.9. The smallest absolute Gasteiger partial charge is 0.274 e. The van der Waals surface area contributed by atoms with Crippen LogP contribution in [0.3, 0.4) is 0 Å². The van der Waals surface area contributed by atoms with E-state index in [4.69, 9.17) is 34.8 Å². The van der Waals surface area contributed by atoms with Gasteiger partial charge in [-0.1, -0.05) is 65.1 Å². The average molecular weight is 386 g/mol. The molecule has 1 aliphatic rings. The van der Waals surface area contributed by atoms with Gasteiger partial charge in [-0.3, -0.25) is 4.79 Å². The fourth-order valence-electron chi connectivity index (χ4n) is 2.57. The third-order valence-electron chi connectivity index (χ3n) is 3.85. The topological polar surface area (TPSA) is 49.3 Å². The average Bonchev–Trinajstić information content (AvgIpc) is 2.61. The maximum atomic E-state index is 11.9. The molecule has 5 nitrogen and oxygen atoms in total. The summed E-state index contributed by atoms with van der Waals surface area (Å²) in [5.74, 6) is 0.285. The van der Waals surface area contributed by atoms with Gasteiger partial charge in [0.1, 0.15) is 0 Å². The zero-order valence-corrected chi connectivity index (χ0v) is 15.0. The minimum atomic E-state index is -1.90. The number of piperazine rings is 1. The SMILES string of the molecule is O=C(N1CCN(c2ccc(-c3ccccc3)nn2)CC1)C(Cl)(Cl)Cl. The predicted molar refractivity (Wildman–Crippen MR) is 96.6 cm³/mol. The van der Waals surface area contributed by atoms with Crippen LogP contribution in [0.15, 0.2) is 42.5 Å². The second-order valence-electron chi connectivity index (χ2n) is 5.42. The standard InChI is InChI=1S/C16H15Cl3N4O/c17-16(18,19)15(24)23-10-8-22(9-11-23)14-7-6-13(20-21-14)12-4-2-1-3-5-12/h1-7H,8-11H2. The molecule has 0 N–H and O–H groups in total. The molecule has 8 heteroatoms. The molecule has 1 aliphatic heterocycles. The Morgan fingerprint density at radius 3 is 2.12 bits per heavy atom. The van der Waals surface area contributed by atoms with Gasteiger partial charge in [-0.25, -0.2) is 0 Å². The molecule has 3 rings (SSSR count). The van der Waals surface area contributed by atoms with Crippen LogP contribution in [-0.4, -0.2) is 51.0 Å².